The molecule has 0 fully saturated rings. The maximum atomic E-state index is 11.9. The molecule has 0 aliphatic rings. The zero-order valence-electron chi connectivity index (χ0n) is 11.9. The standard InChI is InChI=1S/C15H13ClN2O4/c1-10(8-20-2)15(19)22-12-6-4-3-5-11(12)21-14-7-13(16)17-9-18-14/h3-9H,1-2H3. The third-order valence-electron chi connectivity index (χ3n) is 2.49. The number of benzene rings is 1. The van der Waals surface area contributed by atoms with Gasteiger partial charge in [0, 0.05) is 6.07 Å². The van der Waals surface area contributed by atoms with Gasteiger partial charge in [-0.15, -0.1) is 0 Å². The van der Waals surface area contributed by atoms with Gasteiger partial charge < -0.3 is 14.2 Å². The number of carbonyl (C=O) groups is 1. The lowest BCUT2D eigenvalue weighted by atomic mass is 10.3. The fourth-order valence-corrected chi connectivity index (χ4v) is 1.65. The fourth-order valence-electron chi connectivity index (χ4n) is 1.51. The molecule has 6 nitrogen and oxygen atoms in total. The van der Waals surface area contributed by atoms with Gasteiger partial charge in [0.05, 0.1) is 18.9 Å². The van der Waals surface area contributed by atoms with E-state index >= 15 is 0 Å². The van der Waals surface area contributed by atoms with Crippen LogP contribution in [0.2, 0.25) is 5.15 Å². The Morgan fingerprint density at radius 3 is 2.64 bits per heavy atom. The van der Waals surface area contributed by atoms with E-state index in [0.717, 1.165) is 0 Å². The Morgan fingerprint density at radius 1 is 1.23 bits per heavy atom. The summed E-state index contributed by atoms with van der Waals surface area (Å²) in [5.41, 5.74) is 0.322. The number of hydrogen-bond acceptors (Lipinski definition) is 6. The average molecular weight is 321 g/mol. The maximum absolute atomic E-state index is 11.9. The molecular formula is C15H13ClN2O4. The normalized spacial score (nSPS) is 11.0. The Bertz CT molecular complexity index is 703. The van der Waals surface area contributed by atoms with Gasteiger partial charge in [-0.2, -0.15) is 0 Å². The third kappa shape index (κ3) is 4.20. The number of halogens is 1. The summed E-state index contributed by atoms with van der Waals surface area (Å²) in [6.45, 7) is 1.58. The lowest BCUT2D eigenvalue weighted by molar-refractivity contribution is -0.130. The summed E-state index contributed by atoms with van der Waals surface area (Å²) in [5, 5.41) is 0.248. The molecule has 2 rings (SSSR count). The highest BCUT2D eigenvalue weighted by atomic mass is 35.5. The maximum Gasteiger partial charge on any atom is 0.342 e. The van der Waals surface area contributed by atoms with Crippen molar-refractivity contribution in [1.82, 2.24) is 9.97 Å². The Balaban J connectivity index is 2.20. The summed E-state index contributed by atoms with van der Waals surface area (Å²) in [6.07, 6.45) is 2.58. The van der Waals surface area contributed by atoms with Gasteiger partial charge >= 0.3 is 5.97 Å². The van der Waals surface area contributed by atoms with Crippen molar-refractivity contribution in [1.29, 1.82) is 0 Å². The molecule has 0 spiro atoms. The van der Waals surface area contributed by atoms with E-state index in [4.69, 9.17) is 25.8 Å². The van der Waals surface area contributed by atoms with Crippen LogP contribution in [0.5, 0.6) is 17.4 Å². The highest BCUT2D eigenvalue weighted by Crippen LogP contribution is 2.31. The first-order valence-electron chi connectivity index (χ1n) is 6.26. The quantitative estimate of drug-likeness (QED) is 0.276. The molecule has 0 amide bonds. The largest absolute Gasteiger partial charge is 0.504 e. The molecule has 0 unspecified atom stereocenters. The van der Waals surface area contributed by atoms with Crippen molar-refractivity contribution in [2.75, 3.05) is 7.11 Å². The van der Waals surface area contributed by atoms with Crippen LogP contribution in [-0.2, 0) is 9.53 Å². The van der Waals surface area contributed by atoms with Crippen molar-refractivity contribution < 1.29 is 19.0 Å². The number of nitrogens with zero attached hydrogens (tertiary/aromatic N) is 2. The molecule has 0 radical (unpaired) electrons. The van der Waals surface area contributed by atoms with E-state index in [0.29, 0.717) is 11.3 Å². The van der Waals surface area contributed by atoms with E-state index in [1.54, 1.807) is 31.2 Å². The van der Waals surface area contributed by atoms with Gasteiger partial charge in [-0.3, -0.25) is 0 Å². The van der Waals surface area contributed by atoms with Crippen LogP contribution in [0, 0.1) is 0 Å². The van der Waals surface area contributed by atoms with Crippen LogP contribution < -0.4 is 9.47 Å². The van der Waals surface area contributed by atoms with Crippen LogP contribution in [0.4, 0.5) is 0 Å². The van der Waals surface area contributed by atoms with Crippen LogP contribution in [0.15, 0.2) is 48.5 Å². The van der Waals surface area contributed by atoms with Crippen LogP contribution >= 0.6 is 11.6 Å². The first kappa shape index (κ1) is 15.8. The van der Waals surface area contributed by atoms with Crippen LogP contribution in [0.3, 0.4) is 0 Å². The molecule has 2 aromatic rings. The zero-order chi connectivity index (χ0) is 15.9. The Kier molecular flexibility index (Phi) is 5.32. The number of ether oxygens (including phenoxy) is 3. The molecule has 0 N–H and O–H groups in total. The third-order valence-corrected chi connectivity index (χ3v) is 2.70. The average Bonchev–Trinajstić information content (AvgIpc) is 2.49. The van der Waals surface area contributed by atoms with Crippen molar-refractivity contribution in [2.24, 2.45) is 0 Å². The second kappa shape index (κ2) is 7.42. The van der Waals surface area contributed by atoms with Crippen molar-refractivity contribution in [3.8, 4) is 17.4 Å². The van der Waals surface area contributed by atoms with Gasteiger partial charge in [-0.25, -0.2) is 14.8 Å². The van der Waals surface area contributed by atoms with Crippen molar-refractivity contribution in [3.63, 3.8) is 0 Å². The number of para-hydroxylation sites is 2. The van der Waals surface area contributed by atoms with Crippen LogP contribution in [0.25, 0.3) is 0 Å². The summed E-state index contributed by atoms with van der Waals surface area (Å²) >= 11 is 5.77. The minimum absolute atomic E-state index is 0.243. The fraction of sp³-hybridized carbons (Fsp3) is 0.133. The lowest BCUT2D eigenvalue weighted by Gasteiger charge is -2.10. The predicted molar refractivity (Wildman–Crippen MR) is 80.0 cm³/mol. The second-order valence-electron chi connectivity index (χ2n) is 4.15. The van der Waals surface area contributed by atoms with Crippen molar-refractivity contribution in [2.45, 2.75) is 6.92 Å². The molecule has 0 saturated heterocycles. The van der Waals surface area contributed by atoms with E-state index < -0.39 is 5.97 Å². The topological polar surface area (TPSA) is 70.5 Å². The molecular weight excluding hydrogens is 308 g/mol. The van der Waals surface area contributed by atoms with E-state index in [2.05, 4.69) is 9.97 Å². The van der Waals surface area contributed by atoms with E-state index in [1.165, 1.54) is 25.8 Å². The molecule has 114 valence electrons. The molecule has 0 bridgehead atoms. The molecule has 7 heteroatoms. The van der Waals surface area contributed by atoms with E-state index in [9.17, 15) is 4.79 Å². The molecule has 0 aliphatic carbocycles. The van der Waals surface area contributed by atoms with Gasteiger partial charge in [0.1, 0.15) is 11.5 Å². The van der Waals surface area contributed by atoms with Gasteiger partial charge in [0.2, 0.25) is 5.88 Å². The molecule has 1 heterocycles. The molecule has 0 saturated carbocycles. The number of aromatic nitrogens is 2. The van der Waals surface area contributed by atoms with Gasteiger partial charge in [-0.05, 0) is 19.1 Å². The summed E-state index contributed by atoms with van der Waals surface area (Å²) in [6, 6.07) is 8.17. The summed E-state index contributed by atoms with van der Waals surface area (Å²) in [5.74, 6) is 0.285. The lowest BCUT2D eigenvalue weighted by Crippen LogP contribution is -2.10. The molecule has 0 atom stereocenters. The second-order valence-corrected chi connectivity index (χ2v) is 4.54. The predicted octanol–water partition coefficient (Wildman–Crippen LogP) is 3.38. The van der Waals surface area contributed by atoms with E-state index in [-0.39, 0.29) is 16.8 Å². The summed E-state index contributed by atoms with van der Waals surface area (Å²) in [4.78, 5) is 19.6. The smallest absolute Gasteiger partial charge is 0.342 e. The number of hydrogen-bond donors (Lipinski definition) is 0. The number of esters is 1. The first-order chi connectivity index (χ1) is 10.6. The summed E-state index contributed by atoms with van der Waals surface area (Å²) < 4.78 is 15.6. The van der Waals surface area contributed by atoms with Crippen LogP contribution in [0.1, 0.15) is 6.92 Å². The first-order valence-corrected chi connectivity index (χ1v) is 6.64. The molecule has 22 heavy (non-hydrogen) atoms. The summed E-state index contributed by atoms with van der Waals surface area (Å²) in [7, 11) is 1.45. The Labute approximate surface area is 132 Å². The van der Waals surface area contributed by atoms with Crippen LogP contribution in [-0.4, -0.2) is 23.0 Å². The van der Waals surface area contributed by atoms with Gasteiger partial charge in [0.15, 0.2) is 11.5 Å². The monoisotopic (exact) mass is 320 g/mol. The number of rotatable bonds is 5. The number of carbonyl (C=O) groups excluding carboxylic acids is 1. The minimum Gasteiger partial charge on any atom is -0.504 e. The Hall–Kier alpha value is -2.60. The SMILES string of the molecule is COC=C(C)C(=O)Oc1ccccc1Oc1cc(Cl)ncn1. The highest BCUT2D eigenvalue weighted by Gasteiger charge is 2.13. The zero-order valence-corrected chi connectivity index (χ0v) is 12.7. The molecule has 1 aromatic heterocycles. The van der Waals surface area contributed by atoms with E-state index in [1.807, 2.05) is 0 Å². The Morgan fingerprint density at radius 2 is 1.95 bits per heavy atom. The van der Waals surface area contributed by atoms with Gasteiger partial charge in [0.25, 0.3) is 0 Å². The minimum atomic E-state index is -0.543. The molecule has 1 aromatic carbocycles. The molecule has 0 aliphatic heterocycles. The highest BCUT2D eigenvalue weighted by molar-refractivity contribution is 6.29. The van der Waals surface area contributed by atoms with Crippen molar-refractivity contribution >= 4 is 17.6 Å². The van der Waals surface area contributed by atoms with Crippen molar-refractivity contribution in [3.05, 3.63) is 53.6 Å². The van der Waals surface area contributed by atoms with Gasteiger partial charge in [-0.1, -0.05) is 23.7 Å². The number of methoxy groups -OCH3 is 1.